The van der Waals surface area contributed by atoms with Gasteiger partial charge in [-0.05, 0) is 30.7 Å². The molecule has 0 saturated carbocycles. The monoisotopic (exact) mass is 226 g/mol. The molecular weight excluding hydrogens is 212 g/mol. The second-order valence-electron chi connectivity index (χ2n) is 2.74. The van der Waals surface area contributed by atoms with Crippen molar-refractivity contribution < 1.29 is 25.2 Å². The van der Waals surface area contributed by atoms with Crippen LogP contribution < -0.4 is 0 Å². The minimum Gasteiger partial charge on any atom is -0.504 e. The SMILES string of the molecule is CCO.O=C(O)/C=C/c1ccc(O)c(O)c1. The number of hydrogen-bond acceptors (Lipinski definition) is 4. The van der Waals surface area contributed by atoms with Gasteiger partial charge >= 0.3 is 5.97 Å². The van der Waals surface area contributed by atoms with Crippen molar-refractivity contribution >= 4 is 12.0 Å². The first-order valence-corrected chi connectivity index (χ1v) is 4.55. The van der Waals surface area contributed by atoms with Gasteiger partial charge < -0.3 is 20.4 Å². The maximum absolute atomic E-state index is 10.1. The molecule has 4 N–H and O–H groups in total. The van der Waals surface area contributed by atoms with Crippen LogP contribution in [0.1, 0.15) is 12.5 Å². The van der Waals surface area contributed by atoms with Crippen LogP contribution in [0, 0.1) is 0 Å². The van der Waals surface area contributed by atoms with Crippen molar-refractivity contribution in [1.29, 1.82) is 0 Å². The zero-order chi connectivity index (χ0) is 12.6. The highest BCUT2D eigenvalue weighted by Gasteiger charge is 1.97. The van der Waals surface area contributed by atoms with Crippen LogP contribution in [0.3, 0.4) is 0 Å². The molecule has 0 atom stereocenters. The molecular formula is C11H14O5. The molecule has 0 radical (unpaired) electrons. The first kappa shape index (κ1) is 14.0. The fraction of sp³-hybridized carbons (Fsp3) is 0.182. The number of hydrogen-bond donors (Lipinski definition) is 4. The third-order valence-corrected chi connectivity index (χ3v) is 1.42. The second kappa shape index (κ2) is 7.30. The van der Waals surface area contributed by atoms with Crippen LogP contribution in [-0.2, 0) is 4.79 Å². The highest BCUT2D eigenvalue weighted by atomic mass is 16.4. The Morgan fingerprint density at radius 1 is 1.31 bits per heavy atom. The van der Waals surface area contributed by atoms with Crippen molar-refractivity contribution in [3.63, 3.8) is 0 Å². The summed E-state index contributed by atoms with van der Waals surface area (Å²) in [4.78, 5) is 10.1. The lowest BCUT2D eigenvalue weighted by Gasteiger charge is -1.97. The molecule has 0 heterocycles. The molecule has 0 aliphatic rings. The molecule has 0 aliphatic carbocycles. The average molecular weight is 226 g/mol. The average Bonchev–Trinajstić information content (AvgIpc) is 2.21. The van der Waals surface area contributed by atoms with Crippen molar-refractivity contribution in [2.24, 2.45) is 0 Å². The summed E-state index contributed by atoms with van der Waals surface area (Å²) in [5, 5.41) is 33.8. The first-order valence-electron chi connectivity index (χ1n) is 4.55. The number of aromatic hydroxyl groups is 2. The zero-order valence-electron chi connectivity index (χ0n) is 8.79. The van der Waals surface area contributed by atoms with E-state index in [0.29, 0.717) is 5.56 Å². The Labute approximate surface area is 92.9 Å². The van der Waals surface area contributed by atoms with Gasteiger partial charge in [-0.2, -0.15) is 0 Å². The summed E-state index contributed by atoms with van der Waals surface area (Å²) in [6, 6.07) is 4.06. The van der Waals surface area contributed by atoms with E-state index in [2.05, 4.69) is 0 Å². The van der Waals surface area contributed by atoms with Crippen molar-refractivity contribution in [2.75, 3.05) is 6.61 Å². The molecule has 0 saturated heterocycles. The number of phenols is 2. The van der Waals surface area contributed by atoms with Gasteiger partial charge in [-0.1, -0.05) is 6.07 Å². The quantitative estimate of drug-likeness (QED) is 0.448. The van der Waals surface area contributed by atoms with Crippen molar-refractivity contribution in [1.82, 2.24) is 0 Å². The van der Waals surface area contributed by atoms with E-state index in [1.807, 2.05) is 0 Å². The summed E-state index contributed by atoms with van der Waals surface area (Å²) >= 11 is 0. The van der Waals surface area contributed by atoms with Crippen LogP contribution in [0.25, 0.3) is 6.08 Å². The predicted molar refractivity (Wildman–Crippen MR) is 59.2 cm³/mol. The minimum atomic E-state index is -1.06. The molecule has 1 rings (SSSR count). The summed E-state index contributed by atoms with van der Waals surface area (Å²) in [7, 11) is 0. The molecule has 0 aromatic heterocycles. The van der Waals surface area contributed by atoms with E-state index in [0.717, 1.165) is 6.08 Å². The van der Waals surface area contributed by atoms with E-state index >= 15 is 0 Å². The number of aliphatic carboxylic acids is 1. The lowest BCUT2D eigenvalue weighted by atomic mass is 10.2. The van der Waals surface area contributed by atoms with Gasteiger partial charge in [0.2, 0.25) is 0 Å². The number of carbonyl (C=O) groups is 1. The van der Waals surface area contributed by atoms with E-state index in [1.165, 1.54) is 24.3 Å². The second-order valence-corrected chi connectivity index (χ2v) is 2.74. The topological polar surface area (TPSA) is 98.0 Å². The van der Waals surface area contributed by atoms with E-state index in [1.54, 1.807) is 6.92 Å². The maximum Gasteiger partial charge on any atom is 0.328 e. The van der Waals surface area contributed by atoms with Gasteiger partial charge in [0.05, 0.1) is 0 Å². The number of rotatable bonds is 2. The number of phenolic OH excluding ortho intramolecular Hbond substituents is 2. The Balaban J connectivity index is 0.000000673. The van der Waals surface area contributed by atoms with Gasteiger partial charge in [-0.3, -0.25) is 0 Å². The summed E-state index contributed by atoms with van der Waals surface area (Å²) < 4.78 is 0. The molecule has 1 aromatic carbocycles. The van der Waals surface area contributed by atoms with Crippen LogP contribution in [0.15, 0.2) is 24.3 Å². The molecule has 0 fully saturated rings. The fourth-order valence-electron chi connectivity index (χ4n) is 0.812. The number of benzene rings is 1. The first-order chi connectivity index (χ1) is 7.51. The van der Waals surface area contributed by atoms with Crippen LogP contribution in [0.2, 0.25) is 0 Å². The molecule has 0 bridgehead atoms. The number of aliphatic hydroxyl groups is 1. The molecule has 0 aliphatic heterocycles. The third kappa shape index (κ3) is 5.66. The number of aliphatic hydroxyl groups excluding tert-OH is 1. The van der Waals surface area contributed by atoms with Crippen LogP contribution in [0.4, 0.5) is 0 Å². The fourth-order valence-corrected chi connectivity index (χ4v) is 0.812. The zero-order valence-corrected chi connectivity index (χ0v) is 8.79. The molecule has 0 unspecified atom stereocenters. The summed E-state index contributed by atoms with van der Waals surface area (Å²) in [6.07, 6.45) is 2.27. The Hall–Kier alpha value is -2.01. The highest BCUT2D eigenvalue weighted by molar-refractivity contribution is 5.85. The molecule has 5 heteroatoms. The Bertz CT molecular complexity index is 371. The molecule has 5 nitrogen and oxygen atoms in total. The third-order valence-electron chi connectivity index (χ3n) is 1.42. The number of carboxylic acid groups (broad SMARTS) is 1. The largest absolute Gasteiger partial charge is 0.504 e. The van der Waals surface area contributed by atoms with Gasteiger partial charge in [0.25, 0.3) is 0 Å². The van der Waals surface area contributed by atoms with E-state index in [9.17, 15) is 4.79 Å². The van der Waals surface area contributed by atoms with Crippen molar-refractivity contribution in [3.05, 3.63) is 29.8 Å². The normalized spacial score (nSPS) is 9.62. The van der Waals surface area contributed by atoms with Gasteiger partial charge in [-0.15, -0.1) is 0 Å². The van der Waals surface area contributed by atoms with E-state index in [4.69, 9.17) is 20.4 Å². The molecule has 0 amide bonds. The van der Waals surface area contributed by atoms with E-state index in [-0.39, 0.29) is 18.1 Å². The standard InChI is InChI=1S/C9H8O4.C2H6O/c10-7-3-1-6(5-8(7)11)2-4-9(12)13;1-2-3/h1-5,10-11H,(H,12,13);3H,2H2,1H3/b4-2+;. The molecule has 1 aromatic rings. The van der Waals surface area contributed by atoms with Gasteiger partial charge in [0.15, 0.2) is 11.5 Å². The molecule has 0 spiro atoms. The summed E-state index contributed by atoms with van der Waals surface area (Å²) in [5.74, 6) is -1.56. The Morgan fingerprint density at radius 2 is 1.88 bits per heavy atom. The lowest BCUT2D eigenvalue weighted by Crippen LogP contribution is -1.85. The Morgan fingerprint density at radius 3 is 2.31 bits per heavy atom. The van der Waals surface area contributed by atoms with Gasteiger partial charge in [0, 0.05) is 12.7 Å². The van der Waals surface area contributed by atoms with Crippen molar-refractivity contribution in [3.8, 4) is 11.5 Å². The van der Waals surface area contributed by atoms with Crippen LogP contribution in [0.5, 0.6) is 11.5 Å². The molecule has 88 valence electrons. The highest BCUT2D eigenvalue weighted by Crippen LogP contribution is 2.25. The van der Waals surface area contributed by atoms with Crippen LogP contribution in [-0.4, -0.2) is 33.0 Å². The molecule has 16 heavy (non-hydrogen) atoms. The number of carboxylic acids is 1. The van der Waals surface area contributed by atoms with Gasteiger partial charge in [-0.25, -0.2) is 4.79 Å². The predicted octanol–water partition coefficient (Wildman–Crippen LogP) is 1.19. The minimum absolute atomic E-state index is 0.229. The summed E-state index contributed by atoms with van der Waals surface area (Å²) in [6.45, 7) is 1.93. The lowest BCUT2D eigenvalue weighted by molar-refractivity contribution is -0.131. The van der Waals surface area contributed by atoms with E-state index < -0.39 is 5.97 Å². The maximum atomic E-state index is 10.1. The Kier molecular flexibility index (Phi) is 6.39. The smallest absolute Gasteiger partial charge is 0.328 e. The van der Waals surface area contributed by atoms with Crippen LogP contribution >= 0.6 is 0 Å². The van der Waals surface area contributed by atoms with Crippen molar-refractivity contribution in [2.45, 2.75) is 6.92 Å². The summed E-state index contributed by atoms with van der Waals surface area (Å²) in [5.41, 5.74) is 0.512. The van der Waals surface area contributed by atoms with Gasteiger partial charge in [0.1, 0.15) is 0 Å².